The van der Waals surface area contributed by atoms with Crippen molar-refractivity contribution in [3.63, 3.8) is 0 Å². The first-order valence-corrected chi connectivity index (χ1v) is 10.00. The first kappa shape index (κ1) is 19.8. The molecule has 146 valence electrons. The number of benzene rings is 1. The largest absolute Gasteiger partial charge is 0.392 e. The minimum atomic E-state index is -0.539. The van der Waals surface area contributed by atoms with Crippen LogP contribution < -0.4 is 5.73 Å². The number of allylic oxidation sites excluding steroid dienone is 2. The van der Waals surface area contributed by atoms with Crippen LogP contribution in [0.3, 0.4) is 0 Å². The molecule has 4 nitrogen and oxygen atoms in total. The third kappa shape index (κ3) is 5.30. The van der Waals surface area contributed by atoms with Crippen molar-refractivity contribution in [1.29, 1.82) is 0 Å². The van der Waals surface area contributed by atoms with Crippen LogP contribution in [0.25, 0.3) is 0 Å². The first-order valence-electron chi connectivity index (χ1n) is 10.00. The van der Waals surface area contributed by atoms with Gasteiger partial charge >= 0.3 is 0 Å². The lowest BCUT2D eigenvalue weighted by molar-refractivity contribution is -0.118. The zero-order valence-corrected chi connectivity index (χ0v) is 16.1. The molecule has 1 fully saturated rings. The van der Waals surface area contributed by atoms with E-state index in [1.165, 1.54) is 11.1 Å². The number of primary amides is 1. The van der Waals surface area contributed by atoms with E-state index in [0.717, 1.165) is 31.2 Å². The van der Waals surface area contributed by atoms with Crippen LogP contribution in [-0.4, -0.2) is 28.3 Å². The fourth-order valence-electron chi connectivity index (χ4n) is 4.69. The molecule has 1 aromatic carbocycles. The molecule has 0 heterocycles. The van der Waals surface area contributed by atoms with Gasteiger partial charge < -0.3 is 15.9 Å². The topological polar surface area (TPSA) is 83.5 Å². The number of fused-ring (bicyclic) bond motifs is 1. The number of aliphatic hydroxyl groups is 2. The average Bonchev–Trinajstić information content (AvgIpc) is 3.09. The summed E-state index contributed by atoms with van der Waals surface area (Å²) in [6.07, 6.45) is 9.79. The number of hydrogen-bond acceptors (Lipinski definition) is 3. The van der Waals surface area contributed by atoms with Gasteiger partial charge in [0.05, 0.1) is 12.2 Å². The summed E-state index contributed by atoms with van der Waals surface area (Å²) >= 11 is 0. The van der Waals surface area contributed by atoms with E-state index in [-0.39, 0.29) is 17.9 Å². The van der Waals surface area contributed by atoms with Crippen LogP contribution in [0.2, 0.25) is 0 Å². The molecular weight excluding hydrogens is 338 g/mol. The van der Waals surface area contributed by atoms with E-state index in [4.69, 9.17) is 5.73 Å². The molecule has 4 N–H and O–H groups in total. The summed E-state index contributed by atoms with van der Waals surface area (Å²) in [5, 5.41) is 20.8. The smallest absolute Gasteiger partial charge is 0.217 e. The van der Waals surface area contributed by atoms with E-state index in [1.54, 1.807) is 0 Å². The zero-order valence-electron chi connectivity index (χ0n) is 16.1. The second-order valence-electron chi connectivity index (χ2n) is 8.20. The van der Waals surface area contributed by atoms with Gasteiger partial charge in [-0.2, -0.15) is 0 Å². The maximum atomic E-state index is 10.9. The summed E-state index contributed by atoms with van der Waals surface area (Å²) in [7, 11) is 0. The molecule has 0 saturated heterocycles. The van der Waals surface area contributed by atoms with Gasteiger partial charge in [0.1, 0.15) is 0 Å². The summed E-state index contributed by atoms with van der Waals surface area (Å²) in [5.41, 5.74) is 8.92. The van der Waals surface area contributed by atoms with E-state index in [0.29, 0.717) is 24.7 Å². The van der Waals surface area contributed by atoms with Crippen LogP contribution in [0.4, 0.5) is 0 Å². The van der Waals surface area contributed by atoms with Crippen molar-refractivity contribution in [2.75, 3.05) is 0 Å². The Labute approximate surface area is 161 Å². The molecule has 1 saturated carbocycles. The number of hydrogen-bond donors (Lipinski definition) is 3. The van der Waals surface area contributed by atoms with Crippen molar-refractivity contribution in [1.82, 2.24) is 0 Å². The van der Waals surface area contributed by atoms with Crippen LogP contribution in [-0.2, 0) is 11.2 Å². The number of aryl methyl sites for hydroxylation is 1. The third-order valence-corrected chi connectivity index (χ3v) is 5.95. The maximum Gasteiger partial charge on any atom is 0.217 e. The number of nitrogens with two attached hydrogens (primary N) is 1. The summed E-state index contributed by atoms with van der Waals surface area (Å²) in [6.45, 7) is 2.05. The molecule has 0 bridgehead atoms. The fourth-order valence-corrected chi connectivity index (χ4v) is 4.69. The molecule has 0 radical (unpaired) electrons. The van der Waals surface area contributed by atoms with Crippen molar-refractivity contribution in [2.45, 2.75) is 57.7 Å². The Morgan fingerprint density at radius 2 is 2.22 bits per heavy atom. The highest BCUT2D eigenvalue weighted by Gasteiger charge is 2.43. The van der Waals surface area contributed by atoms with Gasteiger partial charge in [0.15, 0.2) is 0 Å². The molecule has 27 heavy (non-hydrogen) atoms. The van der Waals surface area contributed by atoms with E-state index >= 15 is 0 Å². The van der Waals surface area contributed by atoms with Gasteiger partial charge in [-0.1, -0.05) is 53.6 Å². The highest BCUT2D eigenvalue weighted by atomic mass is 16.3. The first-order chi connectivity index (χ1) is 12.9. The number of carbonyl (C=O) groups is 1. The fraction of sp³-hybridized carbons (Fsp3) is 0.522. The molecule has 1 aromatic rings. The molecule has 2 aliphatic carbocycles. The third-order valence-electron chi connectivity index (χ3n) is 5.95. The summed E-state index contributed by atoms with van der Waals surface area (Å²) in [4.78, 5) is 10.9. The molecule has 0 aliphatic heterocycles. The second-order valence-corrected chi connectivity index (χ2v) is 8.20. The predicted molar refractivity (Wildman–Crippen MR) is 107 cm³/mol. The maximum absolute atomic E-state index is 10.9. The highest BCUT2D eigenvalue weighted by molar-refractivity contribution is 5.73. The van der Waals surface area contributed by atoms with Gasteiger partial charge in [-0.25, -0.2) is 0 Å². The van der Waals surface area contributed by atoms with Gasteiger partial charge in [0.2, 0.25) is 5.91 Å². The number of rotatable bonds is 8. The van der Waals surface area contributed by atoms with Gasteiger partial charge in [0.25, 0.3) is 0 Å². The van der Waals surface area contributed by atoms with Crippen molar-refractivity contribution in [3.05, 3.63) is 59.2 Å². The lowest BCUT2D eigenvalue weighted by Crippen LogP contribution is -2.18. The number of carbonyl (C=O) groups excluding carboxylic acids is 1. The summed E-state index contributed by atoms with van der Waals surface area (Å²) in [6, 6.07) is 8.19. The molecule has 5 atom stereocenters. The highest BCUT2D eigenvalue weighted by Crippen LogP contribution is 2.48. The van der Waals surface area contributed by atoms with Crippen LogP contribution >= 0.6 is 0 Å². The summed E-state index contributed by atoms with van der Waals surface area (Å²) < 4.78 is 0. The number of aliphatic hydroxyl groups excluding tert-OH is 2. The van der Waals surface area contributed by atoms with Gasteiger partial charge in [-0.15, -0.1) is 0 Å². The van der Waals surface area contributed by atoms with E-state index in [1.807, 2.05) is 24.3 Å². The quantitative estimate of drug-likeness (QED) is 0.616. The Kier molecular flexibility index (Phi) is 6.51. The summed E-state index contributed by atoms with van der Waals surface area (Å²) in [5.74, 6) is 0.665. The lowest BCUT2D eigenvalue weighted by Gasteiger charge is -2.19. The molecule has 0 spiro atoms. The Bertz CT molecular complexity index is 724. The molecule has 0 unspecified atom stereocenters. The van der Waals surface area contributed by atoms with Gasteiger partial charge in [0, 0.05) is 18.8 Å². The van der Waals surface area contributed by atoms with Crippen molar-refractivity contribution in [3.8, 4) is 0 Å². The monoisotopic (exact) mass is 369 g/mol. The standard InChI is InChI=1S/C23H31NO3/c1-15-4-2-5-16(10-15)12-19(25)8-9-20-21-13-17(6-3-7-23(24)27)11-18(21)14-22(20)26/h2,4-5,8-11,18-22,25-26H,3,6-7,12-14H2,1H3,(H2,24,27)/t18-,19+,20+,21-,22+/m0/s1. The molecule has 0 aromatic heterocycles. The van der Waals surface area contributed by atoms with Crippen LogP contribution in [0.15, 0.2) is 48.1 Å². The average molecular weight is 370 g/mol. The molecule has 3 rings (SSSR count). The molecule has 4 heteroatoms. The SMILES string of the molecule is Cc1cccc(C[C@H](O)C=C[C@@H]2[C@H]3CC(CCCC(N)=O)=C[C@H]3C[C@H]2O)c1. The van der Waals surface area contributed by atoms with E-state index < -0.39 is 6.10 Å². The minimum absolute atomic E-state index is 0.0899. The molecule has 2 aliphatic rings. The van der Waals surface area contributed by atoms with E-state index in [2.05, 4.69) is 25.1 Å². The zero-order chi connectivity index (χ0) is 19.4. The predicted octanol–water partition coefficient (Wildman–Crippen LogP) is 3.05. The Hall–Kier alpha value is -1.91. The Balaban J connectivity index is 1.54. The van der Waals surface area contributed by atoms with Gasteiger partial charge in [-0.3, -0.25) is 4.79 Å². The minimum Gasteiger partial charge on any atom is -0.392 e. The Morgan fingerprint density at radius 3 is 2.96 bits per heavy atom. The van der Waals surface area contributed by atoms with E-state index in [9.17, 15) is 15.0 Å². The van der Waals surface area contributed by atoms with Crippen LogP contribution in [0.5, 0.6) is 0 Å². The number of amides is 1. The Morgan fingerprint density at radius 1 is 1.41 bits per heavy atom. The second kappa shape index (κ2) is 8.85. The van der Waals surface area contributed by atoms with Gasteiger partial charge in [-0.05, 0) is 50.0 Å². The molecular formula is C23H31NO3. The van der Waals surface area contributed by atoms with Crippen molar-refractivity contribution < 1.29 is 15.0 Å². The van der Waals surface area contributed by atoms with Crippen LogP contribution in [0, 0.1) is 24.7 Å². The van der Waals surface area contributed by atoms with Crippen LogP contribution in [0.1, 0.15) is 43.2 Å². The van der Waals surface area contributed by atoms with Crippen molar-refractivity contribution in [2.24, 2.45) is 23.5 Å². The normalized spacial score (nSPS) is 28.3. The molecule has 1 amide bonds. The van der Waals surface area contributed by atoms with Crippen molar-refractivity contribution >= 4 is 5.91 Å². The lowest BCUT2D eigenvalue weighted by atomic mass is 9.88.